The monoisotopic (exact) mass is 352 g/mol. The fourth-order valence-electron chi connectivity index (χ4n) is 3.87. The van der Waals surface area contributed by atoms with Gasteiger partial charge in [0.25, 0.3) is 0 Å². The van der Waals surface area contributed by atoms with Crippen molar-refractivity contribution in [1.82, 2.24) is 9.97 Å². The average molecular weight is 352 g/mol. The topological polar surface area (TPSA) is 67.3 Å². The van der Waals surface area contributed by atoms with Gasteiger partial charge in [0, 0.05) is 25.2 Å². The Kier molecular flexibility index (Phi) is 4.73. The van der Waals surface area contributed by atoms with Crippen molar-refractivity contribution in [2.45, 2.75) is 44.7 Å². The molecule has 6 nitrogen and oxygen atoms in total. The molecule has 0 bridgehead atoms. The van der Waals surface area contributed by atoms with Gasteiger partial charge in [-0.2, -0.15) is 0 Å². The molecule has 0 atom stereocenters. The zero-order valence-corrected chi connectivity index (χ0v) is 15.1. The second-order valence-electron chi connectivity index (χ2n) is 7.03. The molecule has 1 aliphatic heterocycles. The molecule has 136 valence electrons. The summed E-state index contributed by atoms with van der Waals surface area (Å²) in [6, 6.07) is 8.39. The average Bonchev–Trinajstić information content (AvgIpc) is 3.19. The van der Waals surface area contributed by atoms with Crippen LogP contribution in [0.3, 0.4) is 0 Å². The van der Waals surface area contributed by atoms with Crippen molar-refractivity contribution in [2.75, 3.05) is 23.9 Å². The van der Waals surface area contributed by atoms with Crippen LogP contribution < -0.4 is 10.2 Å². The Labute approximate surface area is 153 Å². The van der Waals surface area contributed by atoms with E-state index in [2.05, 4.69) is 20.2 Å². The van der Waals surface area contributed by atoms with Gasteiger partial charge in [-0.25, -0.2) is 14.8 Å². The Morgan fingerprint density at radius 1 is 1.19 bits per heavy atom. The van der Waals surface area contributed by atoms with E-state index in [1.54, 1.807) is 6.33 Å². The van der Waals surface area contributed by atoms with E-state index in [1.807, 2.05) is 24.3 Å². The third kappa shape index (κ3) is 3.49. The van der Waals surface area contributed by atoms with Gasteiger partial charge in [-0.1, -0.05) is 18.9 Å². The molecule has 0 radical (unpaired) electrons. The zero-order valence-electron chi connectivity index (χ0n) is 15.1. The largest absolute Gasteiger partial charge is 0.465 e. The van der Waals surface area contributed by atoms with Gasteiger partial charge in [-0.05, 0) is 42.5 Å². The molecular formula is C20H24N4O2. The van der Waals surface area contributed by atoms with Gasteiger partial charge in [0.1, 0.15) is 18.0 Å². The molecular weight excluding hydrogens is 328 g/mol. The third-order valence-electron chi connectivity index (χ3n) is 5.32. The second kappa shape index (κ2) is 7.32. The van der Waals surface area contributed by atoms with Crippen molar-refractivity contribution in [3.8, 4) is 0 Å². The van der Waals surface area contributed by atoms with E-state index in [0.29, 0.717) is 11.6 Å². The number of esters is 1. The molecule has 1 saturated carbocycles. The van der Waals surface area contributed by atoms with Crippen LogP contribution in [0.2, 0.25) is 0 Å². The van der Waals surface area contributed by atoms with E-state index < -0.39 is 0 Å². The first-order chi connectivity index (χ1) is 12.7. The van der Waals surface area contributed by atoms with Crippen LogP contribution in [-0.4, -0.2) is 35.6 Å². The molecule has 2 aromatic rings. The van der Waals surface area contributed by atoms with Crippen molar-refractivity contribution in [2.24, 2.45) is 0 Å². The minimum Gasteiger partial charge on any atom is -0.465 e. The Morgan fingerprint density at radius 2 is 2.04 bits per heavy atom. The SMILES string of the molecule is COC(=O)c1ccc2c(c1)CCN(c1cc(NC3CCCC3)ncn1)C2. The molecule has 4 rings (SSSR count). The van der Waals surface area contributed by atoms with Crippen LogP contribution >= 0.6 is 0 Å². The van der Waals surface area contributed by atoms with Crippen LogP contribution in [0.4, 0.5) is 11.6 Å². The van der Waals surface area contributed by atoms with Gasteiger partial charge < -0.3 is 15.0 Å². The second-order valence-corrected chi connectivity index (χ2v) is 7.03. The Morgan fingerprint density at radius 3 is 2.85 bits per heavy atom. The molecule has 26 heavy (non-hydrogen) atoms. The Balaban J connectivity index is 1.49. The molecule has 0 unspecified atom stereocenters. The van der Waals surface area contributed by atoms with Crippen LogP contribution in [0.1, 0.15) is 47.2 Å². The van der Waals surface area contributed by atoms with E-state index in [-0.39, 0.29) is 5.97 Å². The van der Waals surface area contributed by atoms with Gasteiger partial charge in [-0.3, -0.25) is 0 Å². The number of ether oxygens (including phenoxy) is 1. The fraction of sp³-hybridized carbons (Fsp3) is 0.450. The fourth-order valence-corrected chi connectivity index (χ4v) is 3.87. The van der Waals surface area contributed by atoms with E-state index in [4.69, 9.17) is 4.74 Å². The van der Waals surface area contributed by atoms with Crippen LogP contribution in [0.25, 0.3) is 0 Å². The highest BCUT2D eigenvalue weighted by atomic mass is 16.5. The molecule has 0 saturated heterocycles. The Bertz CT molecular complexity index is 802. The van der Waals surface area contributed by atoms with Crippen LogP contribution in [0.15, 0.2) is 30.6 Å². The normalized spacial score (nSPS) is 17.0. The molecule has 1 aliphatic carbocycles. The number of hydrogen-bond donors (Lipinski definition) is 1. The lowest BCUT2D eigenvalue weighted by molar-refractivity contribution is 0.0600. The summed E-state index contributed by atoms with van der Waals surface area (Å²) < 4.78 is 4.81. The maximum absolute atomic E-state index is 11.7. The molecule has 2 heterocycles. The first-order valence-corrected chi connectivity index (χ1v) is 9.26. The molecule has 0 amide bonds. The van der Waals surface area contributed by atoms with Gasteiger partial charge in [-0.15, -0.1) is 0 Å². The third-order valence-corrected chi connectivity index (χ3v) is 5.32. The predicted octanol–water partition coefficient (Wildman–Crippen LogP) is 3.18. The first kappa shape index (κ1) is 16.8. The van der Waals surface area contributed by atoms with Gasteiger partial charge in [0.15, 0.2) is 0 Å². The number of hydrogen-bond acceptors (Lipinski definition) is 6. The molecule has 1 aromatic carbocycles. The number of aromatic nitrogens is 2. The summed E-state index contributed by atoms with van der Waals surface area (Å²) in [6.07, 6.45) is 7.56. The number of rotatable bonds is 4. The summed E-state index contributed by atoms with van der Waals surface area (Å²) >= 11 is 0. The van der Waals surface area contributed by atoms with Crippen LogP contribution in [0.5, 0.6) is 0 Å². The number of anilines is 2. The molecule has 1 fully saturated rings. The van der Waals surface area contributed by atoms with Gasteiger partial charge in [0.2, 0.25) is 0 Å². The van der Waals surface area contributed by atoms with Crippen molar-refractivity contribution in [1.29, 1.82) is 0 Å². The molecule has 1 N–H and O–H groups in total. The molecule has 1 aromatic heterocycles. The number of fused-ring (bicyclic) bond motifs is 1. The summed E-state index contributed by atoms with van der Waals surface area (Å²) in [5.74, 6) is 1.57. The highest BCUT2D eigenvalue weighted by Crippen LogP contribution is 2.26. The van der Waals surface area contributed by atoms with Gasteiger partial charge >= 0.3 is 5.97 Å². The standard InChI is InChI=1S/C20H24N4O2/c1-26-20(25)15-6-7-16-12-24(9-8-14(16)10-15)19-11-18(21-13-22-19)23-17-4-2-3-5-17/h6-7,10-11,13,17H,2-5,8-9,12H2,1H3,(H,21,22,23). The van der Waals surface area contributed by atoms with E-state index in [9.17, 15) is 4.79 Å². The van der Waals surface area contributed by atoms with E-state index in [1.165, 1.54) is 43.9 Å². The van der Waals surface area contributed by atoms with Crippen LogP contribution in [-0.2, 0) is 17.7 Å². The summed E-state index contributed by atoms with van der Waals surface area (Å²) in [6.45, 7) is 1.66. The van der Waals surface area contributed by atoms with Crippen LogP contribution in [0, 0.1) is 0 Å². The van der Waals surface area contributed by atoms with E-state index in [0.717, 1.165) is 31.1 Å². The molecule has 2 aliphatic rings. The number of nitrogens with one attached hydrogen (secondary N) is 1. The highest BCUT2D eigenvalue weighted by molar-refractivity contribution is 5.89. The van der Waals surface area contributed by atoms with Crippen molar-refractivity contribution in [3.05, 3.63) is 47.3 Å². The Hall–Kier alpha value is -2.63. The minimum absolute atomic E-state index is 0.284. The summed E-state index contributed by atoms with van der Waals surface area (Å²) in [7, 11) is 1.41. The molecule has 6 heteroatoms. The summed E-state index contributed by atoms with van der Waals surface area (Å²) in [4.78, 5) is 22.8. The minimum atomic E-state index is -0.284. The summed E-state index contributed by atoms with van der Waals surface area (Å²) in [5.41, 5.74) is 3.06. The quantitative estimate of drug-likeness (QED) is 0.853. The van der Waals surface area contributed by atoms with Crippen molar-refractivity contribution >= 4 is 17.6 Å². The summed E-state index contributed by atoms with van der Waals surface area (Å²) in [5, 5.41) is 3.54. The lowest BCUT2D eigenvalue weighted by Gasteiger charge is -2.30. The predicted molar refractivity (Wildman–Crippen MR) is 100 cm³/mol. The highest BCUT2D eigenvalue weighted by Gasteiger charge is 2.20. The first-order valence-electron chi connectivity index (χ1n) is 9.26. The number of benzene rings is 1. The zero-order chi connectivity index (χ0) is 17.9. The number of methoxy groups -OCH3 is 1. The number of carbonyl (C=O) groups excluding carboxylic acids is 1. The lowest BCUT2D eigenvalue weighted by Crippen LogP contribution is -2.31. The van der Waals surface area contributed by atoms with Crippen molar-refractivity contribution in [3.63, 3.8) is 0 Å². The van der Waals surface area contributed by atoms with E-state index >= 15 is 0 Å². The van der Waals surface area contributed by atoms with Crippen molar-refractivity contribution < 1.29 is 9.53 Å². The smallest absolute Gasteiger partial charge is 0.337 e. The molecule has 0 spiro atoms. The maximum Gasteiger partial charge on any atom is 0.337 e. The lowest BCUT2D eigenvalue weighted by atomic mass is 9.97. The number of carbonyl (C=O) groups is 1. The van der Waals surface area contributed by atoms with Gasteiger partial charge in [0.05, 0.1) is 12.7 Å². The maximum atomic E-state index is 11.7. The number of nitrogens with zero attached hydrogens (tertiary/aromatic N) is 3.